The SMILES string of the molecule is C#CCN(CCC)S(=O)(=O)c1cnc(Cl)c(Cl)c1. The summed E-state index contributed by atoms with van der Waals surface area (Å²) in [7, 11) is -3.68. The quantitative estimate of drug-likeness (QED) is 0.620. The third-order valence-electron chi connectivity index (χ3n) is 2.15. The first kappa shape index (κ1) is 15.3. The van der Waals surface area contributed by atoms with Crippen LogP contribution in [0.2, 0.25) is 10.2 Å². The molecule has 0 aliphatic heterocycles. The van der Waals surface area contributed by atoms with Crippen molar-refractivity contribution >= 4 is 33.2 Å². The summed E-state index contributed by atoms with van der Waals surface area (Å²) in [5.41, 5.74) is 0. The van der Waals surface area contributed by atoms with E-state index >= 15 is 0 Å². The molecule has 1 aromatic heterocycles. The molecule has 18 heavy (non-hydrogen) atoms. The van der Waals surface area contributed by atoms with E-state index in [0.29, 0.717) is 13.0 Å². The number of hydrogen-bond acceptors (Lipinski definition) is 3. The minimum atomic E-state index is -3.68. The Bertz CT molecular complexity index is 567. The van der Waals surface area contributed by atoms with E-state index in [9.17, 15) is 8.42 Å². The average molecular weight is 307 g/mol. The van der Waals surface area contributed by atoms with Crippen molar-refractivity contribution in [2.24, 2.45) is 0 Å². The second-order valence-electron chi connectivity index (χ2n) is 3.49. The van der Waals surface area contributed by atoms with Gasteiger partial charge in [0.25, 0.3) is 0 Å². The molecule has 0 radical (unpaired) electrons. The van der Waals surface area contributed by atoms with Gasteiger partial charge in [0.1, 0.15) is 10.0 Å². The lowest BCUT2D eigenvalue weighted by Crippen LogP contribution is -2.32. The molecular weight excluding hydrogens is 295 g/mol. The lowest BCUT2D eigenvalue weighted by atomic mass is 10.5. The summed E-state index contributed by atoms with van der Waals surface area (Å²) >= 11 is 11.4. The van der Waals surface area contributed by atoms with E-state index in [2.05, 4.69) is 10.9 Å². The van der Waals surface area contributed by atoms with Crippen LogP contribution in [0.4, 0.5) is 0 Å². The normalized spacial score (nSPS) is 11.5. The lowest BCUT2D eigenvalue weighted by molar-refractivity contribution is 0.445. The molecule has 4 nitrogen and oxygen atoms in total. The van der Waals surface area contributed by atoms with Crippen LogP contribution in [-0.4, -0.2) is 30.8 Å². The number of nitrogens with zero attached hydrogens (tertiary/aromatic N) is 2. The maximum atomic E-state index is 12.3. The smallest absolute Gasteiger partial charge is 0.242 e. The highest BCUT2D eigenvalue weighted by Gasteiger charge is 2.24. The van der Waals surface area contributed by atoms with Crippen LogP contribution in [0.5, 0.6) is 0 Å². The number of terminal acetylenes is 1. The van der Waals surface area contributed by atoms with Gasteiger partial charge in [-0.15, -0.1) is 6.42 Å². The van der Waals surface area contributed by atoms with E-state index in [4.69, 9.17) is 29.6 Å². The monoisotopic (exact) mass is 306 g/mol. The van der Waals surface area contributed by atoms with Crippen molar-refractivity contribution in [3.63, 3.8) is 0 Å². The Balaban J connectivity index is 3.18. The van der Waals surface area contributed by atoms with Gasteiger partial charge >= 0.3 is 0 Å². The maximum Gasteiger partial charge on any atom is 0.245 e. The first-order valence-corrected chi connectivity index (χ1v) is 7.37. The molecule has 0 atom stereocenters. The molecule has 0 aliphatic rings. The summed E-state index contributed by atoms with van der Waals surface area (Å²) in [5.74, 6) is 2.32. The minimum absolute atomic E-state index is 0.0103. The molecule has 7 heteroatoms. The molecule has 0 saturated carbocycles. The van der Waals surface area contributed by atoms with Crippen LogP contribution in [-0.2, 0) is 10.0 Å². The van der Waals surface area contributed by atoms with E-state index in [-0.39, 0.29) is 21.6 Å². The van der Waals surface area contributed by atoms with Crippen LogP contribution in [0.3, 0.4) is 0 Å². The zero-order chi connectivity index (χ0) is 13.8. The summed E-state index contributed by atoms with van der Waals surface area (Å²) in [5, 5.41) is 0.157. The van der Waals surface area contributed by atoms with Gasteiger partial charge in [0, 0.05) is 12.7 Å². The highest BCUT2D eigenvalue weighted by Crippen LogP contribution is 2.24. The number of halogens is 2. The predicted octanol–water partition coefficient (Wildman–Crippen LogP) is 2.42. The highest BCUT2D eigenvalue weighted by molar-refractivity contribution is 7.89. The van der Waals surface area contributed by atoms with Crippen molar-refractivity contribution in [1.29, 1.82) is 0 Å². The molecule has 0 spiro atoms. The van der Waals surface area contributed by atoms with Crippen LogP contribution < -0.4 is 0 Å². The summed E-state index contributed by atoms with van der Waals surface area (Å²) in [6.07, 6.45) is 7.00. The zero-order valence-electron chi connectivity index (χ0n) is 9.73. The molecule has 0 aliphatic carbocycles. The third kappa shape index (κ3) is 3.36. The van der Waals surface area contributed by atoms with Gasteiger partial charge in [-0.1, -0.05) is 36.0 Å². The second kappa shape index (κ2) is 6.39. The highest BCUT2D eigenvalue weighted by atomic mass is 35.5. The number of aromatic nitrogens is 1. The van der Waals surface area contributed by atoms with Crippen LogP contribution in [0.1, 0.15) is 13.3 Å². The van der Waals surface area contributed by atoms with Gasteiger partial charge in [-0.2, -0.15) is 4.31 Å². The molecular formula is C11H12Cl2N2O2S. The van der Waals surface area contributed by atoms with Gasteiger partial charge in [0.05, 0.1) is 11.6 Å². The fourth-order valence-corrected chi connectivity index (χ4v) is 3.08. The topological polar surface area (TPSA) is 50.3 Å². The maximum absolute atomic E-state index is 12.3. The standard InChI is InChI=1S/C11H12Cl2N2O2S/c1-3-5-15(6-4-2)18(16,17)9-7-10(12)11(13)14-8-9/h1,7-8H,4-6H2,2H3. The zero-order valence-corrected chi connectivity index (χ0v) is 12.1. The van der Waals surface area contributed by atoms with Crippen LogP contribution in [0.25, 0.3) is 0 Å². The van der Waals surface area contributed by atoms with Gasteiger partial charge in [-0.05, 0) is 12.5 Å². The van der Waals surface area contributed by atoms with Crippen LogP contribution in [0, 0.1) is 12.3 Å². The van der Waals surface area contributed by atoms with E-state index in [1.165, 1.54) is 16.6 Å². The molecule has 98 valence electrons. The van der Waals surface area contributed by atoms with Crippen molar-refractivity contribution in [2.75, 3.05) is 13.1 Å². The van der Waals surface area contributed by atoms with E-state index in [1.54, 1.807) is 0 Å². The number of sulfonamides is 1. The van der Waals surface area contributed by atoms with Gasteiger partial charge < -0.3 is 0 Å². The molecule has 1 rings (SSSR count). The van der Waals surface area contributed by atoms with Crippen LogP contribution in [0.15, 0.2) is 17.2 Å². The van der Waals surface area contributed by atoms with Gasteiger partial charge in [-0.3, -0.25) is 0 Å². The van der Waals surface area contributed by atoms with E-state index in [0.717, 1.165) is 0 Å². The van der Waals surface area contributed by atoms with Crippen molar-refractivity contribution < 1.29 is 8.42 Å². The van der Waals surface area contributed by atoms with Crippen molar-refractivity contribution in [2.45, 2.75) is 18.2 Å². The summed E-state index contributed by atoms with van der Waals surface area (Å²) in [6.45, 7) is 2.22. The van der Waals surface area contributed by atoms with Crippen molar-refractivity contribution in [1.82, 2.24) is 9.29 Å². The summed E-state index contributed by atoms with van der Waals surface area (Å²) in [6, 6.07) is 1.27. The third-order valence-corrected chi connectivity index (χ3v) is 4.65. The van der Waals surface area contributed by atoms with Gasteiger partial charge in [-0.25, -0.2) is 13.4 Å². The molecule has 0 bridgehead atoms. The van der Waals surface area contributed by atoms with Crippen molar-refractivity contribution in [3.05, 3.63) is 22.4 Å². The van der Waals surface area contributed by atoms with Gasteiger partial charge in [0.15, 0.2) is 0 Å². The molecule has 1 aromatic rings. The lowest BCUT2D eigenvalue weighted by Gasteiger charge is -2.19. The Morgan fingerprint density at radius 3 is 2.67 bits per heavy atom. The minimum Gasteiger partial charge on any atom is -0.242 e. The molecule has 0 saturated heterocycles. The van der Waals surface area contributed by atoms with Crippen molar-refractivity contribution in [3.8, 4) is 12.3 Å². The molecule has 0 fully saturated rings. The number of rotatable bonds is 5. The molecule has 0 unspecified atom stereocenters. The molecule has 0 amide bonds. The summed E-state index contributed by atoms with van der Waals surface area (Å²) < 4.78 is 25.7. The fraction of sp³-hybridized carbons (Fsp3) is 0.364. The van der Waals surface area contributed by atoms with Crippen LogP contribution >= 0.6 is 23.2 Å². The molecule has 1 heterocycles. The fourth-order valence-electron chi connectivity index (χ4n) is 1.33. The Kier molecular flexibility index (Phi) is 5.42. The first-order valence-electron chi connectivity index (χ1n) is 5.18. The molecule has 0 aromatic carbocycles. The largest absolute Gasteiger partial charge is 0.245 e. The number of hydrogen-bond donors (Lipinski definition) is 0. The van der Waals surface area contributed by atoms with E-state index in [1.807, 2.05) is 6.92 Å². The molecule has 0 N–H and O–H groups in total. The van der Waals surface area contributed by atoms with E-state index < -0.39 is 10.0 Å². The Morgan fingerprint density at radius 2 is 2.17 bits per heavy atom. The second-order valence-corrected chi connectivity index (χ2v) is 6.19. The average Bonchev–Trinajstić information content (AvgIpc) is 2.32. The Labute approximate surface area is 117 Å². The van der Waals surface area contributed by atoms with Gasteiger partial charge in [0.2, 0.25) is 10.0 Å². The Morgan fingerprint density at radius 1 is 1.50 bits per heavy atom. The Hall–Kier alpha value is -0.800. The summed E-state index contributed by atoms with van der Waals surface area (Å²) in [4.78, 5) is 3.71. The predicted molar refractivity (Wildman–Crippen MR) is 72.1 cm³/mol. The number of pyridine rings is 1. The first-order chi connectivity index (χ1) is 8.43.